The van der Waals surface area contributed by atoms with Gasteiger partial charge < -0.3 is 41.2 Å². The van der Waals surface area contributed by atoms with E-state index in [0.29, 0.717) is 0 Å². The van der Waals surface area contributed by atoms with Crippen LogP contribution in [0.25, 0.3) is 0 Å². The van der Waals surface area contributed by atoms with Gasteiger partial charge in [-0.15, -0.1) is 0 Å². The van der Waals surface area contributed by atoms with Crippen molar-refractivity contribution in [2.45, 2.75) is 36.9 Å². The van der Waals surface area contributed by atoms with Crippen LogP contribution in [0.3, 0.4) is 0 Å². The average molecular weight is 314 g/mol. The smallest absolute Gasteiger partial charge is 0.251 e. The standard InChI is InChI=1S/C10H21NO10/c12-3-1-2-11-10(18)9(17)8(16)7(15)6(14)5(13)4-20-21-19/h5-9,12-17,19H,1-4H2,(H,11,18)/p-1/t5-,6-,7+,8-,9-/m1/s1. The molecule has 0 aromatic rings. The molecule has 126 valence electrons. The van der Waals surface area contributed by atoms with Crippen molar-refractivity contribution in [3.05, 3.63) is 0 Å². The zero-order chi connectivity index (χ0) is 16.4. The van der Waals surface area contributed by atoms with E-state index in [0.717, 1.165) is 0 Å². The second-order valence-electron chi connectivity index (χ2n) is 4.20. The van der Waals surface area contributed by atoms with Crippen molar-refractivity contribution in [1.82, 2.24) is 5.32 Å². The highest BCUT2D eigenvalue weighted by molar-refractivity contribution is 5.81. The lowest BCUT2D eigenvalue weighted by atomic mass is 9.99. The molecule has 21 heavy (non-hydrogen) atoms. The van der Waals surface area contributed by atoms with Crippen LogP contribution < -0.4 is 10.6 Å². The summed E-state index contributed by atoms with van der Waals surface area (Å²) in [4.78, 5) is 15.2. The van der Waals surface area contributed by atoms with Crippen LogP contribution in [0.1, 0.15) is 6.42 Å². The van der Waals surface area contributed by atoms with Crippen LogP contribution in [0.15, 0.2) is 0 Å². The predicted molar refractivity (Wildman–Crippen MR) is 61.8 cm³/mol. The Morgan fingerprint density at radius 3 is 2.24 bits per heavy atom. The number of hydrogen-bond donors (Lipinski definition) is 7. The van der Waals surface area contributed by atoms with Gasteiger partial charge in [0.2, 0.25) is 0 Å². The van der Waals surface area contributed by atoms with E-state index in [1.165, 1.54) is 0 Å². The number of aliphatic hydroxyl groups excluding tert-OH is 6. The van der Waals surface area contributed by atoms with E-state index < -0.39 is 43.0 Å². The van der Waals surface area contributed by atoms with E-state index in [1.807, 2.05) is 0 Å². The fraction of sp³-hybridized carbons (Fsp3) is 0.900. The number of amides is 1. The molecule has 0 aliphatic carbocycles. The molecule has 0 aliphatic heterocycles. The van der Waals surface area contributed by atoms with Gasteiger partial charge in [0.1, 0.15) is 31.0 Å². The first-order chi connectivity index (χ1) is 9.86. The highest BCUT2D eigenvalue weighted by Gasteiger charge is 2.37. The van der Waals surface area contributed by atoms with Gasteiger partial charge >= 0.3 is 0 Å². The van der Waals surface area contributed by atoms with Crippen molar-refractivity contribution in [1.29, 1.82) is 0 Å². The molecule has 5 atom stereocenters. The molecule has 0 aromatic heterocycles. The van der Waals surface area contributed by atoms with Crippen LogP contribution in [-0.4, -0.2) is 86.8 Å². The minimum atomic E-state index is -2.10. The SMILES string of the molecule is O=C(NCCCO)[C@H](O)[C@H](O)[C@@H](O)[C@H](O)[C@H](O)COO[O-]. The molecule has 0 spiro atoms. The number of aliphatic hydroxyl groups is 6. The second-order valence-corrected chi connectivity index (χ2v) is 4.20. The predicted octanol–water partition coefficient (Wildman–Crippen LogP) is -5.49. The van der Waals surface area contributed by atoms with Gasteiger partial charge in [-0.1, -0.05) is 0 Å². The van der Waals surface area contributed by atoms with Gasteiger partial charge in [0, 0.05) is 13.2 Å². The van der Waals surface area contributed by atoms with E-state index in [2.05, 4.69) is 15.2 Å². The third-order valence-corrected chi connectivity index (χ3v) is 2.61. The Labute approximate surface area is 119 Å². The molecule has 0 aliphatic rings. The van der Waals surface area contributed by atoms with Crippen LogP contribution in [0.2, 0.25) is 0 Å². The molecule has 11 heteroatoms. The van der Waals surface area contributed by atoms with Crippen LogP contribution in [0.4, 0.5) is 0 Å². The summed E-state index contributed by atoms with van der Waals surface area (Å²) in [5.41, 5.74) is 0. The molecular formula is C10H20NO10-. The zero-order valence-electron chi connectivity index (χ0n) is 11.0. The molecule has 11 nitrogen and oxygen atoms in total. The molecular weight excluding hydrogens is 294 g/mol. The van der Waals surface area contributed by atoms with E-state index >= 15 is 0 Å². The quantitative estimate of drug-likeness (QED) is 0.110. The third-order valence-electron chi connectivity index (χ3n) is 2.61. The third kappa shape index (κ3) is 7.08. The first kappa shape index (κ1) is 20.1. The summed E-state index contributed by atoms with van der Waals surface area (Å²) in [6.45, 7) is -0.948. The summed E-state index contributed by atoms with van der Waals surface area (Å²) in [5, 5.41) is 70.5. The van der Waals surface area contributed by atoms with Crippen molar-refractivity contribution in [2.75, 3.05) is 19.8 Å². The normalized spacial score (nSPS) is 18.6. The van der Waals surface area contributed by atoms with Crippen molar-refractivity contribution < 1.29 is 50.6 Å². The minimum absolute atomic E-state index is 0.0368. The molecule has 0 bridgehead atoms. The van der Waals surface area contributed by atoms with Gasteiger partial charge in [-0.25, -0.2) is 4.89 Å². The van der Waals surface area contributed by atoms with Crippen LogP contribution in [0, 0.1) is 0 Å². The Morgan fingerprint density at radius 1 is 1.10 bits per heavy atom. The Kier molecular flexibility index (Phi) is 10.3. The van der Waals surface area contributed by atoms with Gasteiger partial charge in [0.05, 0.1) is 0 Å². The average Bonchev–Trinajstić information content (AvgIpc) is 2.49. The van der Waals surface area contributed by atoms with Crippen molar-refractivity contribution in [3.63, 3.8) is 0 Å². The van der Waals surface area contributed by atoms with E-state index in [1.54, 1.807) is 0 Å². The zero-order valence-corrected chi connectivity index (χ0v) is 11.0. The lowest BCUT2D eigenvalue weighted by molar-refractivity contribution is -0.800. The Hall–Kier alpha value is -0.890. The molecule has 0 heterocycles. The highest BCUT2D eigenvalue weighted by Crippen LogP contribution is 2.09. The summed E-state index contributed by atoms with van der Waals surface area (Å²) in [5.74, 6) is -1.03. The van der Waals surface area contributed by atoms with Crippen LogP contribution in [-0.2, 0) is 14.7 Å². The maximum Gasteiger partial charge on any atom is 0.251 e. The lowest BCUT2D eigenvalue weighted by Crippen LogP contribution is -2.54. The molecule has 0 unspecified atom stereocenters. The van der Waals surface area contributed by atoms with Crippen LogP contribution in [0.5, 0.6) is 0 Å². The fourth-order valence-corrected chi connectivity index (χ4v) is 1.36. The molecule has 0 rings (SSSR count). The number of nitrogens with one attached hydrogen (secondary N) is 1. The molecule has 0 saturated heterocycles. The highest BCUT2D eigenvalue weighted by atomic mass is 17.5. The molecule has 0 aromatic carbocycles. The summed E-state index contributed by atoms with van der Waals surface area (Å²) < 4.78 is 0. The summed E-state index contributed by atoms with van der Waals surface area (Å²) in [6, 6.07) is 0. The van der Waals surface area contributed by atoms with Gasteiger partial charge in [-0.2, -0.15) is 0 Å². The number of rotatable bonds is 11. The lowest BCUT2D eigenvalue weighted by Gasteiger charge is -2.28. The van der Waals surface area contributed by atoms with Crippen LogP contribution >= 0.6 is 0 Å². The van der Waals surface area contributed by atoms with E-state index in [-0.39, 0.29) is 19.6 Å². The number of carbonyl (C=O) groups is 1. The fourth-order valence-electron chi connectivity index (χ4n) is 1.36. The van der Waals surface area contributed by atoms with E-state index in [9.17, 15) is 35.6 Å². The molecule has 0 saturated carbocycles. The second kappa shape index (κ2) is 10.8. The number of carbonyl (C=O) groups excluding carboxylic acids is 1. The Morgan fingerprint density at radius 2 is 1.71 bits per heavy atom. The molecule has 7 N–H and O–H groups in total. The Balaban J connectivity index is 4.39. The van der Waals surface area contributed by atoms with Gasteiger partial charge in [-0.05, 0) is 6.42 Å². The maximum absolute atomic E-state index is 11.4. The molecule has 0 radical (unpaired) electrons. The van der Waals surface area contributed by atoms with Gasteiger partial charge in [0.25, 0.3) is 5.91 Å². The maximum atomic E-state index is 11.4. The van der Waals surface area contributed by atoms with Gasteiger partial charge in [0.15, 0.2) is 6.10 Å². The molecule has 0 fully saturated rings. The number of hydrogen-bond acceptors (Lipinski definition) is 10. The first-order valence-electron chi connectivity index (χ1n) is 6.07. The minimum Gasteiger partial charge on any atom is -0.692 e. The first-order valence-corrected chi connectivity index (χ1v) is 6.07. The van der Waals surface area contributed by atoms with Crippen molar-refractivity contribution >= 4 is 5.91 Å². The van der Waals surface area contributed by atoms with Crippen molar-refractivity contribution in [2.24, 2.45) is 0 Å². The monoisotopic (exact) mass is 314 g/mol. The Bertz CT molecular complexity index is 291. The van der Waals surface area contributed by atoms with Gasteiger partial charge in [-0.3, -0.25) is 9.83 Å². The summed E-state index contributed by atoms with van der Waals surface area (Å²) >= 11 is 0. The summed E-state index contributed by atoms with van der Waals surface area (Å²) in [7, 11) is 0. The van der Waals surface area contributed by atoms with Crippen molar-refractivity contribution in [3.8, 4) is 0 Å². The largest absolute Gasteiger partial charge is 0.692 e. The topological polar surface area (TPSA) is 192 Å². The van der Waals surface area contributed by atoms with E-state index in [4.69, 9.17) is 5.11 Å². The summed E-state index contributed by atoms with van der Waals surface area (Å²) in [6.07, 6.45) is -9.84. The molecule has 1 amide bonds.